The van der Waals surface area contributed by atoms with E-state index in [1.54, 1.807) is 12.1 Å². The average Bonchev–Trinajstić information content (AvgIpc) is 3.07. The lowest BCUT2D eigenvalue weighted by molar-refractivity contribution is 0.169. The van der Waals surface area contributed by atoms with Crippen LogP contribution < -0.4 is 10.6 Å². The smallest absolute Gasteiger partial charge is 0.405 e. The summed E-state index contributed by atoms with van der Waals surface area (Å²) in [7, 11) is 0. The minimum Gasteiger partial charge on any atom is -0.465 e. The first kappa shape index (κ1) is 20.8. The fourth-order valence-corrected chi connectivity index (χ4v) is 4.86. The van der Waals surface area contributed by atoms with E-state index in [1.165, 1.54) is 23.5 Å². The Hall–Kier alpha value is -2.45. The van der Waals surface area contributed by atoms with E-state index in [0.29, 0.717) is 18.0 Å². The Morgan fingerprint density at radius 2 is 2.20 bits per heavy atom. The minimum atomic E-state index is -1.09. The summed E-state index contributed by atoms with van der Waals surface area (Å²) in [6.07, 6.45) is 2.69. The molecular formula is C22H30FN5O2. The van der Waals surface area contributed by atoms with E-state index >= 15 is 0 Å². The average molecular weight is 416 g/mol. The molecule has 0 saturated carbocycles. The number of hydrogen-bond acceptors (Lipinski definition) is 4. The normalized spacial score (nSPS) is 18.7. The highest BCUT2D eigenvalue weighted by atomic mass is 19.1. The van der Waals surface area contributed by atoms with Crippen LogP contribution in [0.3, 0.4) is 0 Å². The van der Waals surface area contributed by atoms with Crippen LogP contribution in [0.5, 0.6) is 0 Å². The minimum absolute atomic E-state index is 0.347. The van der Waals surface area contributed by atoms with E-state index in [-0.39, 0.29) is 5.82 Å². The summed E-state index contributed by atoms with van der Waals surface area (Å²) in [6.45, 7) is 6.69. The van der Waals surface area contributed by atoms with Gasteiger partial charge in [-0.25, -0.2) is 14.2 Å². The fourth-order valence-electron chi connectivity index (χ4n) is 4.86. The number of piperidine rings is 1. The van der Waals surface area contributed by atoms with Crippen molar-refractivity contribution >= 4 is 6.09 Å². The van der Waals surface area contributed by atoms with E-state index in [4.69, 9.17) is 4.98 Å². The third-order valence-corrected chi connectivity index (χ3v) is 6.31. The molecule has 2 aliphatic rings. The van der Waals surface area contributed by atoms with Crippen molar-refractivity contribution in [1.82, 2.24) is 25.1 Å². The molecule has 8 heteroatoms. The van der Waals surface area contributed by atoms with Gasteiger partial charge in [0, 0.05) is 50.9 Å². The van der Waals surface area contributed by atoms with Crippen LogP contribution in [0.1, 0.15) is 54.1 Å². The number of halogens is 1. The largest absolute Gasteiger partial charge is 0.465 e. The predicted molar refractivity (Wildman–Crippen MR) is 112 cm³/mol. The molecule has 162 valence electrons. The lowest BCUT2D eigenvalue weighted by atomic mass is 10.0. The summed E-state index contributed by atoms with van der Waals surface area (Å²) >= 11 is 0. The van der Waals surface area contributed by atoms with Crippen LogP contribution >= 0.6 is 0 Å². The first-order chi connectivity index (χ1) is 14.5. The van der Waals surface area contributed by atoms with E-state index in [1.807, 2.05) is 0 Å². The number of benzene rings is 1. The maximum Gasteiger partial charge on any atom is 0.405 e. The fraction of sp³-hybridized carbons (Fsp3) is 0.545. The number of aromatic nitrogens is 2. The van der Waals surface area contributed by atoms with Gasteiger partial charge in [-0.2, -0.15) is 0 Å². The topological polar surface area (TPSA) is 82.4 Å². The summed E-state index contributed by atoms with van der Waals surface area (Å²) in [4.78, 5) is 18.4. The second-order valence-electron chi connectivity index (χ2n) is 8.27. The monoisotopic (exact) mass is 415 g/mol. The molecule has 0 bridgehead atoms. The van der Waals surface area contributed by atoms with Crippen LogP contribution in [-0.4, -0.2) is 51.8 Å². The molecule has 1 amide bonds. The number of likely N-dealkylation sites (tertiary alicyclic amines) is 1. The van der Waals surface area contributed by atoms with E-state index in [0.717, 1.165) is 57.8 Å². The number of aryl methyl sites for hydroxylation is 1. The van der Waals surface area contributed by atoms with Crippen LogP contribution in [0, 0.1) is 12.7 Å². The van der Waals surface area contributed by atoms with Crippen molar-refractivity contribution in [2.75, 3.05) is 26.2 Å². The molecule has 2 aliphatic heterocycles. The molecule has 1 fully saturated rings. The van der Waals surface area contributed by atoms with Gasteiger partial charge in [-0.1, -0.05) is 12.1 Å². The van der Waals surface area contributed by atoms with Gasteiger partial charge < -0.3 is 25.2 Å². The third kappa shape index (κ3) is 4.65. The zero-order valence-electron chi connectivity index (χ0n) is 17.4. The highest BCUT2D eigenvalue weighted by Crippen LogP contribution is 2.29. The Kier molecular flexibility index (Phi) is 6.34. The maximum atomic E-state index is 13.6. The van der Waals surface area contributed by atoms with E-state index < -0.39 is 12.1 Å². The molecule has 0 spiro atoms. The summed E-state index contributed by atoms with van der Waals surface area (Å²) < 4.78 is 16.0. The van der Waals surface area contributed by atoms with Crippen molar-refractivity contribution in [2.45, 2.75) is 51.2 Å². The predicted octanol–water partition coefficient (Wildman–Crippen LogP) is 3.01. The number of amides is 1. The molecule has 0 radical (unpaired) electrons. The number of fused-ring (bicyclic) bond motifs is 1. The van der Waals surface area contributed by atoms with Crippen molar-refractivity contribution in [2.24, 2.45) is 0 Å². The Bertz CT molecular complexity index is 892. The molecule has 1 aromatic carbocycles. The molecule has 1 saturated heterocycles. The molecule has 3 N–H and O–H groups in total. The third-order valence-electron chi connectivity index (χ3n) is 6.31. The van der Waals surface area contributed by atoms with Crippen LogP contribution in [0.4, 0.5) is 9.18 Å². The maximum absolute atomic E-state index is 13.6. The van der Waals surface area contributed by atoms with Crippen LogP contribution in [0.25, 0.3) is 0 Å². The number of nitrogens with one attached hydrogen (secondary N) is 2. The lowest BCUT2D eigenvalue weighted by Gasteiger charge is -2.35. The zero-order chi connectivity index (χ0) is 21.1. The highest BCUT2D eigenvalue weighted by Gasteiger charge is 2.27. The van der Waals surface area contributed by atoms with Crippen molar-refractivity contribution in [1.29, 1.82) is 0 Å². The summed E-state index contributed by atoms with van der Waals surface area (Å²) in [6, 6.07) is 6.25. The number of carboxylic acid groups (broad SMARTS) is 1. The lowest BCUT2D eigenvalue weighted by Crippen LogP contribution is -2.38. The SMILES string of the molecule is Cc1nc2c(n1C1CCN(CC[C@H](NC(=O)O)c3cccc(F)c3)CC1)CCNC2. The second kappa shape index (κ2) is 9.14. The standard InChI is InChI=1S/C22H30FN5O2/c1-15-25-20-14-24-9-5-21(20)28(15)18-6-10-27(11-7-18)12-8-19(26-22(29)30)16-3-2-4-17(23)13-16/h2-4,13,18-19,24,26H,5-12,14H2,1H3,(H,29,30)/t19-/m0/s1. The van der Waals surface area contributed by atoms with Gasteiger partial charge in [-0.15, -0.1) is 0 Å². The molecule has 0 aliphatic carbocycles. The number of rotatable bonds is 6. The van der Waals surface area contributed by atoms with Crippen LogP contribution in [-0.2, 0) is 13.0 Å². The number of imidazole rings is 1. The first-order valence-corrected chi connectivity index (χ1v) is 10.8. The summed E-state index contributed by atoms with van der Waals surface area (Å²) in [5.41, 5.74) is 3.25. The van der Waals surface area contributed by atoms with Gasteiger partial charge in [0.05, 0.1) is 11.7 Å². The number of carbonyl (C=O) groups is 1. The molecule has 1 atom stereocenters. The molecule has 0 unspecified atom stereocenters. The Morgan fingerprint density at radius 1 is 1.40 bits per heavy atom. The quantitative estimate of drug-likeness (QED) is 0.676. The van der Waals surface area contributed by atoms with Gasteiger partial charge >= 0.3 is 6.09 Å². The molecule has 7 nitrogen and oxygen atoms in total. The molecule has 3 heterocycles. The molecule has 4 rings (SSSR count). The van der Waals surface area contributed by atoms with Crippen molar-refractivity contribution < 1.29 is 14.3 Å². The van der Waals surface area contributed by atoms with Gasteiger partial charge in [0.2, 0.25) is 0 Å². The first-order valence-electron chi connectivity index (χ1n) is 10.8. The molecule has 2 aromatic rings. The van der Waals surface area contributed by atoms with Gasteiger partial charge in [-0.05, 0) is 43.9 Å². The van der Waals surface area contributed by atoms with Crippen molar-refractivity contribution in [3.63, 3.8) is 0 Å². The van der Waals surface area contributed by atoms with Gasteiger partial charge in [-0.3, -0.25) is 0 Å². The number of hydrogen-bond donors (Lipinski definition) is 3. The Balaban J connectivity index is 1.35. The molecular weight excluding hydrogens is 385 g/mol. The Labute approximate surface area is 176 Å². The van der Waals surface area contributed by atoms with Gasteiger partial charge in [0.25, 0.3) is 0 Å². The van der Waals surface area contributed by atoms with E-state index in [2.05, 4.69) is 27.0 Å². The highest BCUT2D eigenvalue weighted by molar-refractivity contribution is 5.65. The zero-order valence-corrected chi connectivity index (χ0v) is 17.4. The van der Waals surface area contributed by atoms with Crippen molar-refractivity contribution in [3.05, 3.63) is 52.9 Å². The second-order valence-corrected chi connectivity index (χ2v) is 8.27. The van der Waals surface area contributed by atoms with Crippen molar-refractivity contribution in [3.8, 4) is 0 Å². The summed E-state index contributed by atoms with van der Waals surface area (Å²) in [5, 5.41) is 15.1. The molecule has 30 heavy (non-hydrogen) atoms. The van der Waals surface area contributed by atoms with Crippen LogP contribution in [0.2, 0.25) is 0 Å². The molecule has 1 aromatic heterocycles. The van der Waals surface area contributed by atoms with Crippen LogP contribution in [0.15, 0.2) is 24.3 Å². The number of nitrogens with zero attached hydrogens (tertiary/aromatic N) is 3. The van der Waals surface area contributed by atoms with Gasteiger partial charge in [0.15, 0.2) is 0 Å². The van der Waals surface area contributed by atoms with E-state index in [9.17, 15) is 14.3 Å². The Morgan fingerprint density at radius 3 is 2.93 bits per heavy atom. The van der Waals surface area contributed by atoms with Gasteiger partial charge in [0.1, 0.15) is 11.6 Å². The summed E-state index contributed by atoms with van der Waals surface area (Å²) in [5.74, 6) is 0.763.